The van der Waals surface area contributed by atoms with Crippen molar-refractivity contribution in [1.82, 2.24) is 21.3 Å². The molecule has 9 N–H and O–H groups in total. The summed E-state index contributed by atoms with van der Waals surface area (Å²) in [5, 5.41) is 18.6. The molecule has 0 aliphatic rings. The molecule has 3 atom stereocenters. The van der Waals surface area contributed by atoms with Gasteiger partial charge in [-0.05, 0) is 31.2 Å². The summed E-state index contributed by atoms with van der Waals surface area (Å²) in [7, 11) is 0. The monoisotopic (exact) mass is 576 g/mol. The smallest absolute Gasteiger partial charge is 0.408 e. The molecule has 3 unspecified atom stereocenters. The molecule has 41 heavy (non-hydrogen) atoms. The van der Waals surface area contributed by atoms with Crippen molar-refractivity contribution in [2.75, 3.05) is 13.1 Å². The minimum Gasteiger partial charge on any atom is -0.480 e. The van der Waals surface area contributed by atoms with Crippen LogP contribution in [-0.2, 0) is 35.3 Å². The fourth-order valence-corrected chi connectivity index (χ4v) is 3.25. The number of terminal acetylenes is 1. The lowest BCUT2D eigenvalue weighted by molar-refractivity contribution is -0.141. The van der Waals surface area contributed by atoms with Crippen molar-refractivity contribution in [3.8, 4) is 12.3 Å². The van der Waals surface area contributed by atoms with Gasteiger partial charge in [0.2, 0.25) is 23.6 Å². The maximum Gasteiger partial charge on any atom is 0.408 e. The fourth-order valence-electron chi connectivity index (χ4n) is 3.25. The third-order valence-corrected chi connectivity index (χ3v) is 5.49. The summed E-state index contributed by atoms with van der Waals surface area (Å²) in [6.45, 7) is -0.352. The van der Waals surface area contributed by atoms with Crippen molar-refractivity contribution in [3.05, 3.63) is 35.9 Å². The SMILES string of the molecule is C.C#CCC(NC(=O)CNC(=O)C(CCC(=O)NCCCCC(N)C(N)=O)NC(=O)OCc1ccccc1)C(=O)O. The molecule has 0 fully saturated rings. The van der Waals surface area contributed by atoms with E-state index in [0.717, 1.165) is 0 Å². The number of benzene rings is 1. The Morgan fingerprint density at radius 2 is 1.63 bits per heavy atom. The molecular weight excluding hydrogens is 536 g/mol. The predicted molar refractivity (Wildman–Crippen MR) is 150 cm³/mol. The summed E-state index contributed by atoms with van der Waals surface area (Å²) < 4.78 is 5.14. The number of carboxylic acids is 1. The first-order valence-electron chi connectivity index (χ1n) is 12.6. The van der Waals surface area contributed by atoms with E-state index in [9.17, 15) is 28.8 Å². The number of nitrogens with one attached hydrogen (secondary N) is 4. The zero-order valence-electron chi connectivity index (χ0n) is 22.0. The summed E-state index contributed by atoms with van der Waals surface area (Å²) in [6.07, 6.45) is 5.16. The van der Waals surface area contributed by atoms with Crippen LogP contribution in [0.4, 0.5) is 4.79 Å². The summed E-state index contributed by atoms with van der Waals surface area (Å²) in [5.41, 5.74) is 11.4. The summed E-state index contributed by atoms with van der Waals surface area (Å²) in [6, 6.07) is 5.49. The van der Waals surface area contributed by atoms with Gasteiger partial charge in [0.15, 0.2) is 0 Å². The number of unbranched alkanes of at least 4 members (excludes halogenated alkanes) is 1. The van der Waals surface area contributed by atoms with E-state index in [4.69, 9.17) is 27.7 Å². The lowest BCUT2D eigenvalue weighted by Crippen LogP contribution is -2.51. The second-order valence-electron chi connectivity index (χ2n) is 8.74. The van der Waals surface area contributed by atoms with Gasteiger partial charge >= 0.3 is 12.1 Å². The Bertz CT molecular complexity index is 1060. The largest absolute Gasteiger partial charge is 0.480 e. The number of aliphatic carboxylic acids is 1. The Kier molecular flexibility index (Phi) is 18.0. The number of hydrogen-bond donors (Lipinski definition) is 7. The summed E-state index contributed by atoms with van der Waals surface area (Å²) in [4.78, 5) is 71.5. The summed E-state index contributed by atoms with van der Waals surface area (Å²) >= 11 is 0. The molecule has 14 nitrogen and oxygen atoms in total. The highest BCUT2D eigenvalue weighted by Gasteiger charge is 2.24. The highest BCUT2D eigenvalue weighted by molar-refractivity contribution is 5.91. The highest BCUT2D eigenvalue weighted by atomic mass is 16.5. The van der Waals surface area contributed by atoms with Gasteiger partial charge in [-0.2, -0.15) is 0 Å². The Balaban J connectivity index is 0.0000160. The van der Waals surface area contributed by atoms with Gasteiger partial charge in [-0.3, -0.25) is 19.2 Å². The van der Waals surface area contributed by atoms with E-state index in [-0.39, 0.29) is 33.3 Å². The maximum absolute atomic E-state index is 12.7. The number of ether oxygens (including phenoxy) is 1. The molecule has 0 aliphatic heterocycles. The number of rotatable bonds is 18. The number of carbonyl (C=O) groups excluding carboxylic acids is 5. The second kappa shape index (κ2) is 20.3. The van der Waals surface area contributed by atoms with Crippen molar-refractivity contribution >= 4 is 35.7 Å². The van der Waals surface area contributed by atoms with E-state index in [1.165, 1.54) is 0 Å². The van der Waals surface area contributed by atoms with E-state index >= 15 is 0 Å². The molecule has 1 rings (SSSR count). The lowest BCUT2D eigenvalue weighted by atomic mass is 10.1. The highest BCUT2D eigenvalue weighted by Crippen LogP contribution is 2.04. The standard InChI is InChI=1S/C26H36N6O8.CH4/c1-2-8-20(25(37)38)31-22(34)15-30-24(36)19(32-26(39)40-16-17-9-4-3-5-10-17)12-13-21(33)29-14-7-6-11-18(27)23(28)35;/h1,3-5,9-10,18-20H,6-8,11-16,27H2,(H2,28,35)(H,29,33)(H,30,36)(H,31,34)(H,32,39)(H,37,38);1H4. The average Bonchev–Trinajstić information content (AvgIpc) is 2.92. The number of amides is 5. The molecule has 1 aromatic carbocycles. The van der Waals surface area contributed by atoms with E-state index < -0.39 is 60.4 Å². The molecule has 0 aromatic heterocycles. The molecule has 0 spiro atoms. The van der Waals surface area contributed by atoms with Gasteiger partial charge < -0.3 is 42.6 Å². The molecule has 1 aromatic rings. The first-order valence-corrected chi connectivity index (χ1v) is 12.6. The van der Waals surface area contributed by atoms with E-state index in [1.807, 2.05) is 0 Å². The van der Waals surface area contributed by atoms with Crippen LogP contribution in [0, 0.1) is 12.3 Å². The van der Waals surface area contributed by atoms with Gasteiger partial charge in [0.05, 0.1) is 12.6 Å². The van der Waals surface area contributed by atoms with Crippen molar-refractivity contribution in [2.45, 2.75) is 70.7 Å². The van der Waals surface area contributed by atoms with Crippen LogP contribution < -0.4 is 32.7 Å². The van der Waals surface area contributed by atoms with E-state index in [0.29, 0.717) is 31.4 Å². The molecule has 5 amide bonds. The maximum atomic E-state index is 12.7. The van der Waals surface area contributed by atoms with Crippen LogP contribution in [0.3, 0.4) is 0 Å². The van der Waals surface area contributed by atoms with Gasteiger partial charge in [0.1, 0.15) is 18.7 Å². The number of nitrogens with two attached hydrogens (primary N) is 2. The molecule has 0 saturated carbocycles. The third kappa shape index (κ3) is 16.2. The number of hydrogen-bond acceptors (Lipinski definition) is 8. The molecule has 0 heterocycles. The first-order chi connectivity index (χ1) is 19.0. The van der Waals surface area contributed by atoms with Crippen LogP contribution in [0.5, 0.6) is 0 Å². The second-order valence-corrected chi connectivity index (χ2v) is 8.74. The van der Waals surface area contributed by atoms with Crippen LogP contribution in [0.2, 0.25) is 0 Å². The Hall–Kier alpha value is -4.64. The topological polar surface area (TPSA) is 232 Å². The van der Waals surface area contributed by atoms with Gasteiger partial charge in [0, 0.05) is 19.4 Å². The summed E-state index contributed by atoms with van der Waals surface area (Å²) in [5.74, 6) is -1.79. The normalized spacial score (nSPS) is 12.2. The number of carboxylic acid groups (broad SMARTS) is 1. The third-order valence-electron chi connectivity index (χ3n) is 5.49. The van der Waals surface area contributed by atoms with Gasteiger partial charge in [-0.15, -0.1) is 12.3 Å². The quantitative estimate of drug-likeness (QED) is 0.0881. The molecule has 0 bridgehead atoms. The Morgan fingerprint density at radius 1 is 0.951 bits per heavy atom. The van der Waals surface area contributed by atoms with Gasteiger partial charge in [0.25, 0.3) is 0 Å². The first kappa shape index (κ1) is 36.4. The van der Waals surface area contributed by atoms with Crippen LogP contribution in [-0.4, -0.2) is 72.0 Å². The average molecular weight is 577 g/mol. The van der Waals surface area contributed by atoms with Crippen molar-refractivity contribution in [2.24, 2.45) is 11.5 Å². The zero-order valence-corrected chi connectivity index (χ0v) is 22.0. The fraction of sp³-hybridized carbons (Fsp3) is 0.481. The number of primary amides is 1. The molecular formula is C27H40N6O8. The lowest BCUT2D eigenvalue weighted by Gasteiger charge is -2.19. The van der Waals surface area contributed by atoms with Crippen molar-refractivity contribution < 1.29 is 38.6 Å². The molecule has 14 heteroatoms. The number of alkyl carbamates (subject to hydrolysis) is 1. The molecule has 0 radical (unpaired) electrons. The Morgan fingerprint density at radius 3 is 2.24 bits per heavy atom. The minimum absolute atomic E-state index is 0. The minimum atomic E-state index is -1.33. The van der Waals surface area contributed by atoms with Crippen LogP contribution in [0.1, 0.15) is 51.5 Å². The van der Waals surface area contributed by atoms with Crippen molar-refractivity contribution in [3.63, 3.8) is 0 Å². The number of carbonyl (C=O) groups is 6. The predicted octanol–water partition coefficient (Wildman–Crippen LogP) is -0.494. The van der Waals surface area contributed by atoms with E-state index in [2.05, 4.69) is 27.2 Å². The molecule has 226 valence electrons. The Labute approximate surface area is 239 Å². The van der Waals surface area contributed by atoms with Crippen LogP contribution in [0.25, 0.3) is 0 Å². The van der Waals surface area contributed by atoms with E-state index in [1.54, 1.807) is 30.3 Å². The molecule has 0 aliphatic carbocycles. The van der Waals surface area contributed by atoms with Crippen molar-refractivity contribution in [1.29, 1.82) is 0 Å². The molecule has 0 saturated heterocycles. The van der Waals surface area contributed by atoms with Gasteiger partial charge in [-0.1, -0.05) is 37.8 Å². The van der Waals surface area contributed by atoms with Crippen LogP contribution >= 0.6 is 0 Å². The van der Waals surface area contributed by atoms with Gasteiger partial charge in [-0.25, -0.2) is 9.59 Å². The zero-order chi connectivity index (χ0) is 29.9. The van der Waals surface area contributed by atoms with Crippen LogP contribution in [0.15, 0.2) is 30.3 Å².